The molecule has 0 fully saturated rings. The Morgan fingerprint density at radius 2 is 2.08 bits per heavy atom. The first-order valence-corrected chi connectivity index (χ1v) is 8.72. The molecule has 2 heterocycles. The fourth-order valence-corrected chi connectivity index (χ4v) is 3.10. The Kier molecular flexibility index (Phi) is 5.54. The van der Waals surface area contributed by atoms with Gasteiger partial charge < -0.3 is 29.7 Å². The SMILES string of the molecule is COCCN(Cc1nccs1)C(=O)Nc1cc2[nH]c(=O)[nH]c2cc1OC. The number of imidazole rings is 1. The molecule has 0 saturated heterocycles. The van der Waals surface area contributed by atoms with E-state index in [1.165, 1.54) is 18.4 Å². The summed E-state index contributed by atoms with van der Waals surface area (Å²) in [6.07, 6.45) is 1.70. The van der Waals surface area contributed by atoms with Crippen LogP contribution in [-0.2, 0) is 11.3 Å². The number of carbonyl (C=O) groups is 1. The quantitative estimate of drug-likeness (QED) is 0.583. The first kappa shape index (κ1) is 18.0. The number of benzene rings is 1. The number of aromatic amines is 2. The molecule has 138 valence electrons. The van der Waals surface area contributed by atoms with E-state index in [2.05, 4.69) is 20.3 Å². The Balaban J connectivity index is 1.83. The second kappa shape index (κ2) is 8.02. The minimum Gasteiger partial charge on any atom is -0.494 e. The molecule has 0 unspecified atom stereocenters. The van der Waals surface area contributed by atoms with Crippen molar-refractivity contribution in [2.45, 2.75) is 6.54 Å². The lowest BCUT2D eigenvalue weighted by molar-refractivity contribution is 0.152. The van der Waals surface area contributed by atoms with E-state index in [9.17, 15) is 9.59 Å². The Morgan fingerprint density at radius 3 is 2.73 bits per heavy atom. The van der Waals surface area contributed by atoms with Gasteiger partial charge >= 0.3 is 11.7 Å². The molecule has 3 aromatic rings. The van der Waals surface area contributed by atoms with Crippen molar-refractivity contribution in [3.8, 4) is 5.75 Å². The van der Waals surface area contributed by atoms with E-state index in [0.717, 1.165) is 5.01 Å². The number of fused-ring (bicyclic) bond motifs is 1. The summed E-state index contributed by atoms with van der Waals surface area (Å²) in [5.74, 6) is 0.446. The number of H-pyrrole nitrogens is 2. The van der Waals surface area contributed by atoms with Crippen LogP contribution < -0.4 is 15.7 Å². The molecule has 0 spiro atoms. The molecule has 0 radical (unpaired) electrons. The first-order valence-electron chi connectivity index (χ1n) is 7.84. The summed E-state index contributed by atoms with van der Waals surface area (Å²) < 4.78 is 10.4. The Bertz CT molecular complexity index is 934. The number of ether oxygens (including phenoxy) is 2. The maximum atomic E-state index is 12.8. The van der Waals surface area contributed by atoms with Crippen molar-refractivity contribution < 1.29 is 14.3 Å². The summed E-state index contributed by atoms with van der Waals surface area (Å²) in [6.45, 7) is 1.19. The maximum absolute atomic E-state index is 12.8. The minimum absolute atomic E-state index is 0.312. The van der Waals surface area contributed by atoms with Crippen LogP contribution in [0.2, 0.25) is 0 Å². The molecule has 0 aliphatic rings. The highest BCUT2D eigenvalue weighted by atomic mass is 32.1. The van der Waals surface area contributed by atoms with Gasteiger partial charge in [0.15, 0.2) is 0 Å². The zero-order valence-electron chi connectivity index (χ0n) is 14.4. The highest BCUT2D eigenvalue weighted by Crippen LogP contribution is 2.28. The van der Waals surface area contributed by atoms with Crippen LogP contribution in [0.4, 0.5) is 10.5 Å². The molecule has 26 heavy (non-hydrogen) atoms. The average Bonchev–Trinajstić information content (AvgIpc) is 3.25. The predicted octanol–water partition coefficient (Wildman–Crippen LogP) is 2.00. The van der Waals surface area contributed by atoms with Gasteiger partial charge in [-0.05, 0) is 6.07 Å². The topological polar surface area (TPSA) is 112 Å². The molecular weight excluding hydrogens is 358 g/mol. The van der Waals surface area contributed by atoms with E-state index in [-0.39, 0.29) is 11.7 Å². The van der Waals surface area contributed by atoms with Gasteiger partial charge in [0.25, 0.3) is 0 Å². The third kappa shape index (κ3) is 4.03. The number of urea groups is 1. The first-order chi connectivity index (χ1) is 12.6. The summed E-state index contributed by atoms with van der Waals surface area (Å²) in [5, 5.41) is 5.52. The zero-order chi connectivity index (χ0) is 18.5. The molecule has 2 amide bonds. The molecule has 10 heteroatoms. The van der Waals surface area contributed by atoms with Crippen molar-refractivity contribution in [1.82, 2.24) is 19.9 Å². The normalized spacial score (nSPS) is 10.8. The third-order valence-electron chi connectivity index (χ3n) is 3.74. The molecule has 3 rings (SSSR count). The van der Waals surface area contributed by atoms with Gasteiger partial charge in [0, 0.05) is 31.3 Å². The largest absolute Gasteiger partial charge is 0.494 e. The lowest BCUT2D eigenvalue weighted by Crippen LogP contribution is -2.36. The number of carbonyl (C=O) groups excluding carboxylic acids is 1. The smallest absolute Gasteiger partial charge is 0.323 e. The summed E-state index contributed by atoms with van der Waals surface area (Å²) in [6, 6.07) is 3.00. The average molecular weight is 377 g/mol. The van der Waals surface area contributed by atoms with Crippen LogP contribution in [0.5, 0.6) is 5.75 Å². The number of nitrogens with one attached hydrogen (secondary N) is 3. The van der Waals surface area contributed by atoms with Gasteiger partial charge in [0.1, 0.15) is 10.8 Å². The van der Waals surface area contributed by atoms with Gasteiger partial charge in [-0.2, -0.15) is 0 Å². The standard InChI is InChI=1S/C16H19N5O4S/c1-24-5-4-21(9-14-17-3-6-26-14)16(23)20-12-7-10-11(8-13(12)25-2)19-15(22)18-10/h3,6-8H,4-5,9H2,1-2H3,(H,20,23)(H2,18,19,22). The van der Waals surface area contributed by atoms with E-state index >= 15 is 0 Å². The highest BCUT2D eigenvalue weighted by Gasteiger charge is 2.18. The van der Waals surface area contributed by atoms with Gasteiger partial charge in [0.2, 0.25) is 0 Å². The summed E-state index contributed by atoms with van der Waals surface area (Å²) in [7, 11) is 3.08. The fourth-order valence-electron chi connectivity index (χ4n) is 2.47. The Labute approximate surface area is 153 Å². The molecule has 0 atom stereocenters. The zero-order valence-corrected chi connectivity index (χ0v) is 15.2. The molecule has 0 aliphatic carbocycles. The van der Waals surface area contributed by atoms with Crippen LogP contribution in [0, 0.1) is 0 Å². The number of anilines is 1. The second-order valence-electron chi connectivity index (χ2n) is 5.45. The van der Waals surface area contributed by atoms with E-state index in [0.29, 0.717) is 42.2 Å². The van der Waals surface area contributed by atoms with Crippen LogP contribution in [0.3, 0.4) is 0 Å². The van der Waals surface area contributed by atoms with Crippen LogP contribution in [0.15, 0.2) is 28.5 Å². The maximum Gasteiger partial charge on any atom is 0.323 e. The van der Waals surface area contributed by atoms with Crippen molar-refractivity contribution >= 4 is 34.1 Å². The summed E-state index contributed by atoms with van der Waals surface area (Å²) in [4.78, 5) is 35.4. The fraction of sp³-hybridized carbons (Fsp3) is 0.312. The molecule has 2 aromatic heterocycles. The van der Waals surface area contributed by atoms with Crippen molar-refractivity contribution in [3.63, 3.8) is 0 Å². The van der Waals surface area contributed by atoms with Crippen LogP contribution in [0.25, 0.3) is 11.0 Å². The van der Waals surface area contributed by atoms with Crippen LogP contribution in [-0.4, -0.2) is 53.3 Å². The van der Waals surface area contributed by atoms with Crippen LogP contribution >= 0.6 is 11.3 Å². The summed E-state index contributed by atoms with van der Waals surface area (Å²) in [5.41, 5.74) is 1.32. The molecular formula is C16H19N5O4S. The van der Waals surface area contributed by atoms with Crippen molar-refractivity contribution in [2.75, 3.05) is 32.7 Å². The lowest BCUT2D eigenvalue weighted by atomic mass is 10.2. The number of methoxy groups -OCH3 is 2. The number of thiazole rings is 1. The Hall–Kier alpha value is -2.85. The van der Waals surface area contributed by atoms with Crippen LogP contribution in [0.1, 0.15) is 5.01 Å². The number of amides is 2. The van der Waals surface area contributed by atoms with Gasteiger partial charge in [-0.25, -0.2) is 14.6 Å². The number of rotatable bonds is 7. The molecule has 1 aromatic carbocycles. The molecule has 0 aliphatic heterocycles. The van der Waals surface area contributed by atoms with E-state index in [4.69, 9.17) is 9.47 Å². The van der Waals surface area contributed by atoms with Gasteiger partial charge in [-0.15, -0.1) is 11.3 Å². The molecule has 0 bridgehead atoms. The van der Waals surface area contributed by atoms with Crippen molar-refractivity contribution in [1.29, 1.82) is 0 Å². The monoisotopic (exact) mass is 377 g/mol. The van der Waals surface area contributed by atoms with E-state index in [1.807, 2.05) is 5.38 Å². The van der Waals surface area contributed by atoms with Gasteiger partial charge in [-0.1, -0.05) is 0 Å². The number of aromatic nitrogens is 3. The minimum atomic E-state index is -0.323. The highest BCUT2D eigenvalue weighted by molar-refractivity contribution is 7.09. The number of hydrogen-bond acceptors (Lipinski definition) is 6. The van der Waals surface area contributed by atoms with Gasteiger partial charge in [0.05, 0.1) is 37.0 Å². The van der Waals surface area contributed by atoms with Crippen molar-refractivity contribution in [3.05, 3.63) is 39.2 Å². The molecule has 9 nitrogen and oxygen atoms in total. The second-order valence-corrected chi connectivity index (χ2v) is 6.43. The number of hydrogen-bond donors (Lipinski definition) is 3. The third-order valence-corrected chi connectivity index (χ3v) is 4.50. The van der Waals surface area contributed by atoms with Crippen molar-refractivity contribution in [2.24, 2.45) is 0 Å². The number of nitrogens with zero attached hydrogens (tertiary/aromatic N) is 2. The molecule has 0 saturated carbocycles. The summed E-state index contributed by atoms with van der Waals surface area (Å²) >= 11 is 1.48. The molecule has 3 N–H and O–H groups in total. The predicted molar refractivity (Wildman–Crippen MR) is 98.9 cm³/mol. The Morgan fingerprint density at radius 1 is 1.31 bits per heavy atom. The van der Waals surface area contributed by atoms with E-state index in [1.54, 1.807) is 30.3 Å². The van der Waals surface area contributed by atoms with Gasteiger partial charge in [-0.3, -0.25) is 0 Å². The lowest BCUT2D eigenvalue weighted by Gasteiger charge is -2.22. The van der Waals surface area contributed by atoms with E-state index < -0.39 is 0 Å².